The lowest BCUT2D eigenvalue weighted by atomic mass is 10.2. The number of carbonyl (C=O) groups excluding carboxylic acids is 1. The van der Waals surface area contributed by atoms with E-state index >= 15 is 0 Å². The van der Waals surface area contributed by atoms with Crippen LogP contribution in [0.1, 0.15) is 26.7 Å². The van der Waals surface area contributed by atoms with Gasteiger partial charge in [-0.15, -0.1) is 0 Å². The van der Waals surface area contributed by atoms with Crippen LogP contribution in [0.2, 0.25) is 0 Å². The molecule has 0 spiro atoms. The van der Waals surface area contributed by atoms with E-state index in [1.54, 1.807) is 0 Å². The lowest BCUT2D eigenvalue weighted by molar-refractivity contribution is -0.122. The Balaban J connectivity index is 2.24. The predicted octanol–water partition coefficient (Wildman–Crippen LogP) is 0.623. The fourth-order valence-corrected chi connectivity index (χ4v) is 1.84. The van der Waals surface area contributed by atoms with Crippen LogP contribution in [0, 0.1) is 0 Å². The summed E-state index contributed by atoms with van der Waals surface area (Å²) < 4.78 is 5.55. The maximum Gasteiger partial charge on any atom is 0.234 e. The van der Waals surface area contributed by atoms with Crippen LogP contribution in [-0.4, -0.2) is 49.7 Å². The van der Waals surface area contributed by atoms with E-state index in [4.69, 9.17) is 4.74 Å². The quantitative estimate of drug-likeness (QED) is 0.705. The minimum Gasteiger partial charge on any atom is -0.377 e. The van der Waals surface area contributed by atoms with Gasteiger partial charge in [0.05, 0.1) is 12.6 Å². The first-order valence-electron chi connectivity index (χ1n) is 5.87. The van der Waals surface area contributed by atoms with Crippen molar-refractivity contribution in [3.8, 4) is 0 Å². The van der Waals surface area contributed by atoms with Crippen molar-refractivity contribution in [2.75, 3.05) is 32.8 Å². The Hall–Kier alpha value is -0.610. The molecule has 0 saturated carbocycles. The SMILES string of the molecule is CCNC(=O)CN(CC)C[C@H]1CCCO1. The predicted molar refractivity (Wildman–Crippen MR) is 59.8 cm³/mol. The van der Waals surface area contributed by atoms with Gasteiger partial charge in [0.1, 0.15) is 0 Å². The molecule has 88 valence electrons. The Bertz CT molecular complexity index is 191. The summed E-state index contributed by atoms with van der Waals surface area (Å²) in [4.78, 5) is 13.5. The Morgan fingerprint density at radius 2 is 2.33 bits per heavy atom. The Kier molecular flexibility index (Phi) is 5.65. The van der Waals surface area contributed by atoms with Crippen molar-refractivity contribution in [1.82, 2.24) is 10.2 Å². The van der Waals surface area contributed by atoms with Crippen molar-refractivity contribution in [2.24, 2.45) is 0 Å². The molecule has 1 amide bonds. The third-order valence-electron chi connectivity index (χ3n) is 2.67. The van der Waals surface area contributed by atoms with E-state index < -0.39 is 0 Å². The van der Waals surface area contributed by atoms with Crippen LogP contribution >= 0.6 is 0 Å². The van der Waals surface area contributed by atoms with E-state index in [0.29, 0.717) is 19.2 Å². The summed E-state index contributed by atoms with van der Waals surface area (Å²) in [6.45, 7) is 7.87. The molecular weight excluding hydrogens is 192 g/mol. The zero-order chi connectivity index (χ0) is 11.1. The summed E-state index contributed by atoms with van der Waals surface area (Å²) in [7, 11) is 0. The van der Waals surface area contributed by atoms with Crippen LogP contribution in [0.3, 0.4) is 0 Å². The lowest BCUT2D eigenvalue weighted by Gasteiger charge is -2.22. The lowest BCUT2D eigenvalue weighted by Crippen LogP contribution is -2.40. The van der Waals surface area contributed by atoms with Gasteiger partial charge in [-0.05, 0) is 26.3 Å². The molecule has 1 N–H and O–H groups in total. The van der Waals surface area contributed by atoms with Gasteiger partial charge in [0, 0.05) is 19.7 Å². The van der Waals surface area contributed by atoms with Gasteiger partial charge in [-0.3, -0.25) is 9.69 Å². The molecule has 1 rings (SSSR count). The van der Waals surface area contributed by atoms with Gasteiger partial charge in [0.2, 0.25) is 5.91 Å². The van der Waals surface area contributed by atoms with Crippen LogP contribution < -0.4 is 5.32 Å². The smallest absolute Gasteiger partial charge is 0.234 e. The van der Waals surface area contributed by atoms with Crippen molar-refractivity contribution < 1.29 is 9.53 Å². The van der Waals surface area contributed by atoms with Gasteiger partial charge in [0.25, 0.3) is 0 Å². The number of carbonyl (C=O) groups is 1. The van der Waals surface area contributed by atoms with Crippen molar-refractivity contribution in [2.45, 2.75) is 32.8 Å². The third kappa shape index (κ3) is 4.62. The molecule has 0 aromatic carbocycles. The molecule has 0 aromatic heterocycles. The van der Waals surface area contributed by atoms with Crippen molar-refractivity contribution in [1.29, 1.82) is 0 Å². The number of hydrogen-bond acceptors (Lipinski definition) is 3. The molecule has 1 atom stereocenters. The molecular formula is C11H22N2O2. The Morgan fingerprint density at radius 1 is 1.53 bits per heavy atom. The van der Waals surface area contributed by atoms with Gasteiger partial charge in [-0.1, -0.05) is 6.92 Å². The van der Waals surface area contributed by atoms with Gasteiger partial charge in [-0.25, -0.2) is 0 Å². The molecule has 15 heavy (non-hydrogen) atoms. The van der Waals surface area contributed by atoms with Gasteiger partial charge >= 0.3 is 0 Å². The molecule has 0 aromatic rings. The van der Waals surface area contributed by atoms with Crippen LogP contribution in [0.4, 0.5) is 0 Å². The maximum atomic E-state index is 11.4. The van der Waals surface area contributed by atoms with E-state index in [1.165, 1.54) is 0 Å². The summed E-state index contributed by atoms with van der Waals surface area (Å²) in [6.07, 6.45) is 2.62. The zero-order valence-corrected chi connectivity index (χ0v) is 9.79. The van der Waals surface area contributed by atoms with Crippen LogP contribution in [0.25, 0.3) is 0 Å². The van der Waals surface area contributed by atoms with Crippen molar-refractivity contribution in [3.05, 3.63) is 0 Å². The highest BCUT2D eigenvalue weighted by Gasteiger charge is 2.19. The Morgan fingerprint density at radius 3 is 2.87 bits per heavy atom. The normalized spacial score (nSPS) is 20.9. The third-order valence-corrected chi connectivity index (χ3v) is 2.67. The number of amides is 1. The fourth-order valence-electron chi connectivity index (χ4n) is 1.84. The van der Waals surface area contributed by atoms with E-state index in [1.807, 2.05) is 6.92 Å². The molecule has 4 nitrogen and oxygen atoms in total. The first-order valence-corrected chi connectivity index (χ1v) is 5.87. The van der Waals surface area contributed by atoms with Crippen molar-refractivity contribution in [3.63, 3.8) is 0 Å². The molecule has 1 aliphatic rings. The molecule has 0 unspecified atom stereocenters. The molecule has 0 radical (unpaired) electrons. The number of nitrogens with zero attached hydrogens (tertiary/aromatic N) is 1. The first-order chi connectivity index (χ1) is 7.26. The maximum absolute atomic E-state index is 11.4. The highest BCUT2D eigenvalue weighted by Crippen LogP contribution is 2.12. The highest BCUT2D eigenvalue weighted by atomic mass is 16.5. The van der Waals surface area contributed by atoms with Gasteiger partial charge in [-0.2, -0.15) is 0 Å². The van der Waals surface area contributed by atoms with Crippen LogP contribution in [0.15, 0.2) is 0 Å². The molecule has 1 saturated heterocycles. The average Bonchev–Trinajstić information content (AvgIpc) is 2.70. The molecule has 4 heteroatoms. The number of ether oxygens (including phenoxy) is 1. The number of rotatable bonds is 6. The summed E-state index contributed by atoms with van der Waals surface area (Å²) in [5.74, 6) is 0.109. The monoisotopic (exact) mass is 214 g/mol. The molecule has 1 aliphatic heterocycles. The fraction of sp³-hybridized carbons (Fsp3) is 0.909. The standard InChI is InChI=1S/C11H22N2O2/c1-3-12-11(14)9-13(4-2)8-10-6-5-7-15-10/h10H,3-9H2,1-2H3,(H,12,14)/t10-/m1/s1. The largest absolute Gasteiger partial charge is 0.377 e. The zero-order valence-electron chi connectivity index (χ0n) is 9.79. The number of hydrogen-bond donors (Lipinski definition) is 1. The van der Waals surface area contributed by atoms with Crippen molar-refractivity contribution >= 4 is 5.91 Å². The minimum atomic E-state index is 0.109. The molecule has 0 aliphatic carbocycles. The topological polar surface area (TPSA) is 41.6 Å². The summed E-state index contributed by atoms with van der Waals surface area (Å²) >= 11 is 0. The van der Waals surface area contributed by atoms with E-state index in [-0.39, 0.29) is 5.91 Å². The van der Waals surface area contributed by atoms with E-state index in [9.17, 15) is 4.79 Å². The average molecular weight is 214 g/mol. The Labute approximate surface area is 92.0 Å². The first kappa shape index (κ1) is 12.5. The molecule has 1 fully saturated rings. The van der Waals surface area contributed by atoms with E-state index in [2.05, 4.69) is 17.1 Å². The summed E-state index contributed by atoms with van der Waals surface area (Å²) in [6, 6.07) is 0. The number of nitrogens with one attached hydrogen (secondary N) is 1. The summed E-state index contributed by atoms with van der Waals surface area (Å²) in [5, 5.41) is 2.81. The van der Waals surface area contributed by atoms with E-state index in [0.717, 1.165) is 32.5 Å². The van der Waals surface area contributed by atoms with Gasteiger partial charge < -0.3 is 10.1 Å². The second-order valence-corrected chi connectivity index (χ2v) is 3.92. The van der Waals surface area contributed by atoms with Gasteiger partial charge in [0.15, 0.2) is 0 Å². The number of likely N-dealkylation sites (N-methyl/N-ethyl adjacent to an activating group) is 2. The van der Waals surface area contributed by atoms with Crippen LogP contribution in [0.5, 0.6) is 0 Å². The van der Waals surface area contributed by atoms with Crippen LogP contribution in [-0.2, 0) is 9.53 Å². The highest BCUT2D eigenvalue weighted by molar-refractivity contribution is 5.77. The molecule has 1 heterocycles. The second-order valence-electron chi connectivity index (χ2n) is 3.92. The summed E-state index contributed by atoms with van der Waals surface area (Å²) in [5.41, 5.74) is 0. The minimum absolute atomic E-state index is 0.109. The second kappa shape index (κ2) is 6.80. The molecule has 0 bridgehead atoms.